The van der Waals surface area contributed by atoms with E-state index in [1.807, 2.05) is 20.8 Å². The quantitative estimate of drug-likeness (QED) is 0.868. The molecular formula is C14H21N3O3. The molecule has 1 atom stereocenters. The van der Waals surface area contributed by atoms with Gasteiger partial charge >= 0.3 is 6.09 Å². The van der Waals surface area contributed by atoms with Crippen LogP contribution in [0.2, 0.25) is 0 Å². The van der Waals surface area contributed by atoms with Gasteiger partial charge in [-0.15, -0.1) is 0 Å². The van der Waals surface area contributed by atoms with Gasteiger partial charge in [0.25, 0.3) is 0 Å². The van der Waals surface area contributed by atoms with Crippen molar-refractivity contribution in [2.45, 2.75) is 38.8 Å². The van der Waals surface area contributed by atoms with Crippen LogP contribution in [-0.2, 0) is 4.74 Å². The fraction of sp³-hybridized carbons (Fsp3) is 0.571. The fourth-order valence-corrected chi connectivity index (χ4v) is 2.07. The summed E-state index contributed by atoms with van der Waals surface area (Å²) in [5, 5.41) is 12.8. The van der Waals surface area contributed by atoms with E-state index < -0.39 is 5.60 Å². The van der Waals surface area contributed by atoms with Crippen LogP contribution in [0.3, 0.4) is 0 Å². The minimum atomic E-state index is -0.484. The van der Waals surface area contributed by atoms with Crippen molar-refractivity contribution in [2.75, 3.05) is 18.4 Å². The Morgan fingerprint density at radius 1 is 1.55 bits per heavy atom. The summed E-state index contributed by atoms with van der Waals surface area (Å²) in [5.74, 6) is 0.562. The lowest BCUT2D eigenvalue weighted by Crippen LogP contribution is -2.36. The molecule has 6 nitrogen and oxygen atoms in total. The standard InChI is InChI=1S/C14H21N3O3/c1-14(2,3)20-13(19)17-8-6-10(9-17)16-12-11(18)5-4-7-15-12/h4-5,7,10,18H,6,8-9H2,1-3H3,(H,15,16)/t10-/m0/s1. The summed E-state index contributed by atoms with van der Waals surface area (Å²) in [4.78, 5) is 17.7. The number of aromatic nitrogens is 1. The molecule has 1 aromatic rings. The second-order valence-corrected chi connectivity index (χ2v) is 5.93. The number of nitrogens with zero attached hydrogens (tertiary/aromatic N) is 2. The van der Waals surface area contributed by atoms with Crippen LogP contribution in [0.4, 0.5) is 10.6 Å². The average molecular weight is 279 g/mol. The number of carbonyl (C=O) groups excluding carboxylic acids is 1. The van der Waals surface area contributed by atoms with E-state index >= 15 is 0 Å². The number of hydrogen-bond donors (Lipinski definition) is 2. The van der Waals surface area contributed by atoms with Crippen molar-refractivity contribution in [3.05, 3.63) is 18.3 Å². The maximum atomic E-state index is 11.9. The first-order chi connectivity index (χ1) is 9.35. The van der Waals surface area contributed by atoms with Gasteiger partial charge in [0, 0.05) is 25.3 Å². The second kappa shape index (κ2) is 5.56. The van der Waals surface area contributed by atoms with Crippen molar-refractivity contribution >= 4 is 11.9 Å². The number of anilines is 1. The lowest BCUT2D eigenvalue weighted by Gasteiger charge is -2.24. The molecule has 2 N–H and O–H groups in total. The van der Waals surface area contributed by atoms with Gasteiger partial charge in [0.05, 0.1) is 0 Å². The maximum absolute atomic E-state index is 11.9. The zero-order valence-electron chi connectivity index (χ0n) is 12.1. The number of nitrogens with one attached hydrogen (secondary N) is 1. The first kappa shape index (κ1) is 14.4. The number of aromatic hydroxyl groups is 1. The summed E-state index contributed by atoms with van der Waals surface area (Å²) in [7, 11) is 0. The van der Waals surface area contributed by atoms with Crippen LogP contribution < -0.4 is 5.32 Å². The van der Waals surface area contributed by atoms with Gasteiger partial charge in [0.15, 0.2) is 11.6 Å². The van der Waals surface area contributed by atoms with Gasteiger partial charge in [-0.25, -0.2) is 9.78 Å². The van der Waals surface area contributed by atoms with Crippen LogP contribution in [0.15, 0.2) is 18.3 Å². The Morgan fingerprint density at radius 2 is 2.30 bits per heavy atom. The van der Waals surface area contributed by atoms with Crippen molar-refractivity contribution in [1.29, 1.82) is 0 Å². The van der Waals surface area contributed by atoms with Crippen molar-refractivity contribution < 1.29 is 14.6 Å². The largest absolute Gasteiger partial charge is 0.504 e. The molecule has 0 unspecified atom stereocenters. The van der Waals surface area contributed by atoms with E-state index in [1.54, 1.807) is 23.2 Å². The van der Waals surface area contributed by atoms with E-state index in [2.05, 4.69) is 10.3 Å². The van der Waals surface area contributed by atoms with Crippen LogP contribution in [0.25, 0.3) is 0 Å². The lowest BCUT2D eigenvalue weighted by atomic mass is 10.2. The summed E-state index contributed by atoms with van der Waals surface area (Å²) in [6.07, 6.45) is 2.12. The monoisotopic (exact) mass is 279 g/mol. The molecule has 0 radical (unpaired) electrons. The number of hydrogen-bond acceptors (Lipinski definition) is 5. The van der Waals surface area contributed by atoms with Crippen LogP contribution in [0, 0.1) is 0 Å². The van der Waals surface area contributed by atoms with Crippen LogP contribution in [0.5, 0.6) is 5.75 Å². The molecule has 110 valence electrons. The molecule has 2 heterocycles. The third-order valence-corrected chi connectivity index (χ3v) is 2.97. The van der Waals surface area contributed by atoms with Crippen LogP contribution in [0.1, 0.15) is 27.2 Å². The summed E-state index contributed by atoms with van der Waals surface area (Å²) in [5.41, 5.74) is -0.484. The Morgan fingerprint density at radius 3 is 2.95 bits per heavy atom. The zero-order valence-corrected chi connectivity index (χ0v) is 12.1. The third kappa shape index (κ3) is 3.76. The summed E-state index contributed by atoms with van der Waals surface area (Å²) < 4.78 is 5.34. The Bertz CT molecular complexity index is 485. The number of pyridine rings is 1. The van der Waals surface area contributed by atoms with Gasteiger partial charge in [-0.05, 0) is 39.3 Å². The number of ether oxygens (including phenoxy) is 1. The van der Waals surface area contributed by atoms with Crippen LogP contribution >= 0.6 is 0 Å². The molecule has 1 aliphatic rings. The Hall–Kier alpha value is -1.98. The van der Waals surface area contributed by atoms with E-state index in [4.69, 9.17) is 4.74 Å². The molecule has 0 aliphatic carbocycles. The molecule has 1 saturated heterocycles. The fourth-order valence-electron chi connectivity index (χ4n) is 2.07. The topological polar surface area (TPSA) is 74.7 Å². The number of likely N-dealkylation sites (tertiary alicyclic amines) is 1. The Labute approximate surface area is 118 Å². The summed E-state index contributed by atoms with van der Waals surface area (Å²) in [6, 6.07) is 3.32. The van der Waals surface area contributed by atoms with Crippen LogP contribution in [-0.4, -0.2) is 45.8 Å². The van der Waals surface area contributed by atoms with Crippen molar-refractivity contribution in [3.63, 3.8) is 0 Å². The van der Waals surface area contributed by atoms with Crippen molar-refractivity contribution in [3.8, 4) is 5.75 Å². The predicted molar refractivity (Wildman–Crippen MR) is 75.7 cm³/mol. The van der Waals surface area contributed by atoms with E-state index in [1.165, 1.54) is 0 Å². The molecule has 0 aromatic carbocycles. The second-order valence-electron chi connectivity index (χ2n) is 5.93. The van der Waals surface area contributed by atoms with Gasteiger partial charge in [0.2, 0.25) is 0 Å². The van der Waals surface area contributed by atoms with E-state index in [0.29, 0.717) is 18.9 Å². The predicted octanol–water partition coefficient (Wildman–Crippen LogP) is 2.21. The molecule has 20 heavy (non-hydrogen) atoms. The molecule has 2 rings (SSSR count). The van der Waals surface area contributed by atoms with Gasteiger partial charge < -0.3 is 20.1 Å². The van der Waals surface area contributed by atoms with Gasteiger partial charge in [-0.2, -0.15) is 0 Å². The summed E-state index contributed by atoms with van der Waals surface area (Å²) >= 11 is 0. The molecule has 1 aromatic heterocycles. The molecule has 1 aliphatic heterocycles. The molecule has 0 saturated carbocycles. The Kier molecular flexibility index (Phi) is 4.01. The maximum Gasteiger partial charge on any atom is 0.410 e. The average Bonchev–Trinajstić information content (AvgIpc) is 2.79. The minimum Gasteiger partial charge on any atom is -0.504 e. The number of amides is 1. The highest BCUT2D eigenvalue weighted by Gasteiger charge is 2.30. The highest BCUT2D eigenvalue weighted by molar-refractivity contribution is 5.68. The molecule has 1 fully saturated rings. The van der Waals surface area contributed by atoms with Gasteiger partial charge in [0.1, 0.15) is 5.60 Å². The summed E-state index contributed by atoms with van der Waals surface area (Å²) in [6.45, 7) is 6.74. The van der Waals surface area contributed by atoms with E-state index in [0.717, 1.165) is 6.42 Å². The first-order valence-electron chi connectivity index (χ1n) is 6.73. The molecule has 0 spiro atoms. The van der Waals surface area contributed by atoms with Gasteiger partial charge in [-0.1, -0.05) is 0 Å². The normalized spacial score (nSPS) is 18.9. The number of rotatable bonds is 2. The Balaban J connectivity index is 1.90. The third-order valence-electron chi connectivity index (χ3n) is 2.97. The van der Waals surface area contributed by atoms with Crippen molar-refractivity contribution in [2.24, 2.45) is 0 Å². The highest BCUT2D eigenvalue weighted by Crippen LogP contribution is 2.23. The number of carbonyl (C=O) groups is 1. The van der Waals surface area contributed by atoms with E-state index in [-0.39, 0.29) is 17.9 Å². The SMILES string of the molecule is CC(C)(C)OC(=O)N1CC[C@H](Nc2ncccc2O)C1. The molecule has 1 amide bonds. The molecule has 6 heteroatoms. The first-order valence-corrected chi connectivity index (χ1v) is 6.73. The highest BCUT2D eigenvalue weighted by atomic mass is 16.6. The van der Waals surface area contributed by atoms with Crippen molar-refractivity contribution in [1.82, 2.24) is 9.88 Å². The molecule has 0 bridgehead atoms. The lowest BCUT2D eigenvalue weighted by molar-refractivity contribution is 0.0293. The van der Waals surface area contributed by atoms with Gasteiger partial charge in [-0.3, -0.25) is 0 Å². The molecular weight excluding hydrogens is 258 g/mol. The van der Waals surface area contributed by atoms with E-state index in [9.17, 15) is 9.90 Å². The minimum absolute atomic E-state index is 0.0725. The smallest absolute Gasteiger partial charge is 0.410 e. The zero-order chi connectivity index (χ0) is 14.8.